The summed E-state index contributed by atoms with van der Waals surface area (Å²) in [5.41, 5.74) is 0. The van der Waals surface area contributed by atoms with E-state index in [1.165, 1.54) is 25.7 Å². The second kappa shape index (κ2) is 5.19. The lowest BCUT2D eigenvalue weighted by atomic mass is 9.84. The average molecular weight is 196 g/mol. The van der Waals surface area contributed by atoms with Crippen LogP contribution in [0.4, 0.5) is 0 Å². The zero-order valence-corrected chi connectivity index (χ0v) is 10.7. The third-order valence-corrected chi connectivity index (χ3v) is 4.44. The van der Waals surface area contributed by atoms with Gasteiger partial charge in [0.05, 0.1) is 0 Å². The highest BCUT2D eigenvalue weighted by Gasteiger charge is 2.36. The van der Waals surface area contributed by atoms with E-state index in [1.54, 1.807) is 0 Å². The van der Waals surface area contributed by atoms with Gasteiger partial charge in [-0.25, -0.2) is 0 Å². The van der Waals surface area contributed by atoms with E-state index in [2.05, 4.69) is 34.6 Å². The van der Waals surface area contributed by atoms with Crippen LogP contribution in [-0.4, -0.2) is 0 Å². The van der Waals surface area contributed by atoms with E-state index in [9.17, 15) is 0 Å². The minimum Gasteiger partial charge on any atom is -0.0651 e. The molecule has 0 aromatic rings. The van der Waals surface area contributed by atoms with Crippen LogP contribution in [-0.2, 0) is 0 Å². The monoisotopic (exact) mass is 196 g/mol. The summed E-state index contributed by atoms with van der Waals surface area (Å²) in [6.45, 7) is 12.0. The Morgan fingerprint density at radius 3 is 2.36 bits per heavy atom. The molecule has 1 fully saturated rings. The molecule has 0 saturated heterocycles. The zero-order chi connectivity index (χ0) is 10.7. The third kappa shape index (κ3) is 2.74. The van der Waals surface area contributed by atoms with Crippen molar-refractivity contribution < 1.29 is 0 Å². The van der Waals surface area contributed by atoms with Gasteiger partial charge in [-0.2, -0.15) is 0 Å². The van der Waals surface area contributed by atoms with Gasteiger partial charge in [0.1, 0.15) is 0 Å². The Labute approximate surface area is 90.5 Å². The first-order valence-corrected chi connectivity index (χ1v) is 6.56. The summed E-state index contributed by atoms with van der Waals surface area (Å²) < 4.78 is 0. The summed E-state index contributed by atoms with van der Waals surface area (Å²) in [5, 5.41) is 0. The normalized spacial score (nSPS) is 38.1. The molecule has 4 atom stereocenters. The molecule has 0 aliphatic heterocycles. The molecule has 0 heteroatoms. The van der Waals surface area contributed by atoms with Crippen LogP contribution < -0.4 is 0 Å². The van der Waals surface area contributed by atoms with E-state index in [-0.39, 0.29) is 0 Å². The van der Waals surface area contributed by atoms with Crippen molar-refractivity contribution in [1.82, 2.24) is 0 Å². The summed E-state index contributed by atoms with van der Waals surface area (Å²) in [6, 6.07) is 0. The van der Waals surface area contributed by atoms with Gasteiger partial charge in [0.2, 0.25) is 0 Å². The SMILES string of the molecule is CCC1C(CCC(C)C)CC(C)C1C. The van der Waals surface area contributed by atoms with Crippen molar-refractivity contribution >= 4 is 0 Å². The van der Waals surface area contributed by atoms with E-state index in [4.69, 9.17) is 0 Å². The van der Waals surface area contributed by atoms with Gasteiger partial charge in [0.25, 0.3) is 0 Å². The second-order valence-electron chi connectivity index (χ2n) is 5.88. The smallest absolute Gasteiger partial charge is 0.0360 e. The molecule has 0 bridgehead atoms. The molecule has 84 valence electrons. The fraction of sp³-hybridized carbons (Fsp3) is 1.00. The van der Waals surface area contributed by atoms with Gasteiger partial charge >= 0.3 is 0 Å². The fourth-order valence-corrected chi connectivity index (χ4v) is 3.30. The predicted molar refractivity (Wildman–Crippen MR) is 64.3 cm³/mol. The highest BCUT2D eigenvalue weighted by Crippen LogP contribution is 2.45. The van der Waals surface area contributed by atoms with E-state index in [0.717, 1.165) is 29.6 Å². The lowest BCUT2D eigenvalue weighted by Crippen LogP contribution is -2.13. The topological polar surface area (TPSA) is 0 Å². The van der Waals surface area contributed by atoms with Gasteiger partial charge < -0.3 is 0 Å². The maximum absolute atomic E-state index is 2.47. The van der Waals surface area contributed by atoms with Crippen molar-refractivity contribution in [3.8, 4) is 0 Å². The van der Waals surface area contributed by atoms with Crippen molar-refractivity contribution in [3.63, 3.8) is 0 Å². The third-order valence-electron chi connectivity index (χ3n) is 4.44. The predicted octanol–water partition coefficient (Wildman–Crippen LogP) is 4.74. The van der Waals surface area contributed by atoms with Crippen molar-refractivity contribution in [2.24, 2.45) is 29.6 Å². The van der Waals surface area contributed by atoms with Gasteiger partial charge in [-0.05, 0) is 42.4 Å². The molecule has 0 nitrogen and oxygen atoms in total. The van der Waals surface area contributed by atoms with Crippen LogP contribution in [0.15, 0.2) is 0 Å². The summed E-state index contributed by atoms with van der Waals surface area (Å²) >= 11 is 0. The first-order chi connectivity index (χ1) is 6.56. The van der Waals surface area contributed by atoms with E-state index >= 15 is 0 Å². The highest BCUT2D eigenvalue weighted by atomic mass is 14.4. The summed E-state index contributed by atoms with van der Waals surface area (Å²) in [4.78, 5) is 0. The Bertz CT molecular complexity index is 159. The minimum atomic E-state index is 0.888. The Balaban J connectivity index is 2.44. The molecule has 1 rings (SSSR count). The number of rotatable bonds is 4. The van der Waals surface area contributed by atoms with E-state index in [0.29, 0.717) is 0 Å². The molecule has 0 heterocycles. The molecular formula is C14H28. The Morgan fingerprint density at radius 1 is 1.21 bits per heavy atom. The average Bonchev–Trinajstić information content (AvgIpc) is 2.39. The molecule has 1 aliphatic rings. The van der Waals surface area contributed by atoms with Gasteiger partial charge in [-0.1, -0.05) is 47.5 Å². The lowest BCUT2D eigenvalue weighted by Gasteiger charge is -2.22. The Hall–Kier alpha value is 0. The molecule has 0 amide bonds. The Kier molecular flexibility index (Phi) is 4.47. The molecule has 0 radical (unpaired) electrons. The molecule has 4 unspecified atom stereocenters. The maximum Gasteiger partial charge on any atom is -0.0360 e. The van der Waals surface area contributed by atoms with Crippen LogP contribution in [0.5, 0.6) is 0 Å². The van der Waals surface area contributed by atoms with Gasteiger partial charge in [-0.15, -0.1) is 0 Å². The number of hydrogen-bond donors (Lipinski definition) is 0. The molecule has 0 spiro atoms. The summed E-state index contributed by atoms with van der Waals surface area (Å²) in [6.07, 6.45) is 5.80. The van der Waals surface area contributed by atoms with Gasteiger partial charge in [0, 0.05) is 0 Å². The van der Waals surface area contributed by atoms with E-state index < -0.39 is 0 Å². The molecule has 14 heavy (non-hydrogen) atoms. The summed E-state index contributed by atoms with van der Waals surface area (Å²) in [5.74, 6) is 4.88. The zero-order valence-electron chi connectivity index (χ0n) is 10.7. The molecule has 1 aliphatic carbocycles. The first kappa shape index (κ1) is 12.1. The van der Waals surface area contributed by atoms with Crippen molar-refractivity contribution in [2.45, 2.75) is 60.3 Å². The van der Waals surface area contributed by atoms with Gasteiger partial charge in [0.15, 0.2) is 0 Å². The molecule has 0 aromatic carbocycles. The van der Waals surface area contributed by atoms with Crippen molar-refractivity contribution in [2.75, 3.05) is 0 Å². The van der Waals surface area contributed by atoms with Crippen LogP contribution in [0, 0.1) is 29.6 Å². The van der Waals surface area contributed by atoms with Crippen molar-refractivity contribution in [3.05, 3.63) is 0 Å². The standard InChI is InChI=1S/C14H28/c1-6-14-12(5)11(4)9-13(14)8-7-10(2)3/h10-14H,6-9H2,1-5H3. The van der Waals surface area contributed by atoms with Crippen LogP contribution in [0.2, 0.25) is 0 Å². The quantitative estimate of drug-likeness (QED) is 0.609. The first-order valence-electron chi connectivity index (χ1n) is 6.56. The highest BCUT2D eigenvalue weighted by molar-refractivity contribution is 4.86. The molecule has 0 N–H and O–H groups in total. The van der Waals surface area contributed by atoms with Crippen LogP contribution in [0.1, 0.15) is 60.3 Å². The Morgan fingerprint density at radius 2 is 1.86 bits per heavy atom. The van der Waals surface area contributed by atoms with E-state index in [1.807, 2.05) is 0 Å². The lowest BCUT2D eigenvalue weighted by molar-refractivity contribution is 0.279. The second-order valence-corrected chi connectivity index (χ2v) is 5.88. The molecular weight excluding hydrogens is 168 g/mol. The van der Waals surface area contributed by atoms with Crippen LogP contribution >= 0.6 is 0 Å². The fourth-order valence-electron chi connectivity index (χ4n) is 3.30. The van der Waals surface area contributed by atoms with Crippen LogP contribution in [0.25, 0.3) is 0 Å². The molecule has 0 aromatic heterocycles. The molecule has 1 saturated carbocycles. The van der Waals surface area contributed by atoms with Crippen LogP contribution in [0.3, 0.4) is 0 Å². The summed E-state index contributed by atoms with van der Waals surface area (Å²) in [7, 11) is 0. The number of hydrogen-bond acceptors (Lipinski definition) is 0. The maximum atomic E-state index is 2.47. The van der Waals surface area contributed by atoms with Gasteiger partial charge in [-0.3, -0.25) is 0 Å². The largest absolute Gasteiger partial charge is 0.0651 e. The van der Waals surface area contributed by atoms with Crippen molar-refractivity contribution in [1.29, 1.82) is 0 Å². The minimum absolute atomic E-state index is 0.888.